The molecule has 2 heterocycles. The van der Waals surface area contributed by atoms with E-state index in [0.717, 1.165) is 57.8 Å². The number of hydrogen-bond acceptors (Lipinski definition) is 4. The van der Waals surface area contributed by atoms with E-state index < -0.39 is 5.60 Å². The van der Waals surface area contributed by atoms with Crippen LogP contribution in [-0.2, 0) is 14.3 Å². The second-order valence-corrected chi connectivity index (χ2v) is 16.0. The molecule has 5 saturated carbocycles. The van der Waals surface area contributed by atoms with Crippen LogP contribution in [0.25, 0.3) is 0 Å². The minimum Gasteiger partial charge on any atom is -0.455 e. The number of esters is 1. The van der Waals surface area contributed by atoms with Gasteiger partial charge < -0.3 is 14.6 Å². The van der Waals surface area contributed by atoms with Gasteiger partial charge in [-0.15, -0.1) is 0 Å². The Morgan fingerprint density at radius 2 is 1.56 bits per heavy atom. The molecule has 5 aliphatic carbocycles. The highest BCUT2D eigenvalue weighted by Crippen LogP contribution is 2.83. The molecule has 190 valence electrons. The third-order valence-corrected chi connectivity index (χ3v) is 14.2. The van der Waals surface area contributed by atoms with Crippen LogP contribution in [0.2, 0.25) is 0 Å². The molecule has 4 heteroatoms. The van der Waals surface area contributed by atoms with Gasteiger partial charge in [-0.1, -0.05) is 48.5 Å². The number of aliphatic hydroxyl groups excluding tert-OH is 1. The van der Waals surface area contributed by atoms with E-state index in [-0.39, 0.29) is 62.7 Å². The van der Waals surface area contributed by atoms with Crippen LogP contribution in [0.4, 0.5) is 0 Å². The third kappa shape index (κ3) is 2.10. The maximum Gasteiger partial charge on any atom is 0.313 e. The van der Waals surface area contributed by atoms with Gasteiger partial charge in [-0.2, -0.15) is 0 Å². The number of carbonyl (C=O) groups excluding carboxylic acids is 1. The van der Waals surface area contributed by atoms with Gasteiger partial charge in [0.25, 0.3) is 0 Å². The monoisotopic (exact) mass is 470 g/mol. The number of rotatable bonds is 0. The highest BCUT2D eigenvalue weighted by Gasteiger charge is 2.89. The Labute approximate surface area is 205 Å². The van der Waals surface area contributed by atoms with Crippen molar-refractivity contribution in [3.63, 3.8) is 0 Å². The molecule has 0 aromatic heterocycles. The van der Waals surface area contributed by atoms with Gasteiger partial charge in [0.2, 0.25) is 0 Å². The van der Waals surface area contributed by atoms with E-state index in [0.29, 0.717) is 11.8 Å². The van der Waals surface area contributed by atoms with Crippen molar-refractivity contribution >= 4 is 5.97 Å². The van der Waals surface area contributed by atoms with E-state index in [1.807, 2.05) is 0 Å². The Kier molecular flexibility index (Phi) is 3.93. The zero-order valence-electron chi connectivity index (χ0n) is 22.5. The number of hydrogen-bond donors (Lipinski definition) is 1. The van der Waals surface area contributed by atoms with Crippen LogP contribution >= 0.6 is 0 Å². The molecular weight excluding hydrogens is 424 g/mol. The van der Waals surface area contributed by atoms with Gasteiger partial charge in [0.15, 0.2) is 5.60 Å². The maximum absolute atomic E-state index is 13.8. The Hall–Kier alpha value is -0.610. The molecule has 7 rings (SSSR count). The van der Waals surface area contributed by atoms with Gasteiger partial charge in [-0.05, 0) is 91.3 Å². The fourth-order valence-corrected chi connectivity index (χ4v) is 12.1. The molecule has 0 aromatic carbocycles. The molecule has 0 amide bonds. The first-order valence-corrected chi connectivity index (χ1v) is 14.3. The molecule has 2 saturated heterocycles. The van der Waals surface area contributed by atoms with Crippen molar-refractivity contribution < 1.29 is 19.4 Å². The van der Waals surface area contributed by atoms with E-state index in [1.54, 1.807) is 0 Å². The summed E-state index contributed by atoms with van der Waals surface area (Å²) in [5.41, 5.74) is -0.373. The van der Waals surface area contributed by atoms with Crippen molar-refractivity contribution in [2.24, 2.45) is 50.2 Å². The summed E-state index contributed by atoms with van der Waals surface area (Å²) in [6.07, 6.45) is 9.60. The zero-order valence-corrected chi connectivity index (χ0v) is 22.5. The van der Waals surface area contributed by atoms with Crippen molar-refractivity contribution in [3.8, 4) is 0 Å². The molecule has 0 aromatic rings. The van der Waals surface area contributed by atoms with Crippen molar-refractivity contribution in [3.05, 3.63) is 0 Å². The van der Waals surface area contributed by atoms with Gasteiger partial charge in [-0.3, -0.25) is 4.79 Å². The normalized spacial score (nSPS) is 62.3. The summed E-state index contributed by atoms with van der Waals surface area (Å²) in [5, 5.41) is 11.0. The topological polar surface area (TPSA) is 59.1 Å². The number of carbonyl (C=O) groups is 1. The highest BCUT2D eigenvalue weighted by molar-refractivity contribution is 5.82. The van der Waals surface area contributed by atoms with E-state index in [4.69, 9.17) is 9.47 Å². The Morgan fingerprint density at radius 1 is 0.853 bits per heavy atom. The highest BCUT2D eigenvalue weighted by atomic mass is 16.6. The average Bonchev–Trinajstić information content (AvgIpc) is 3.49. The predicted octanol–water partition coefficient (Wildman–Crippen LogP) is 5.90. The number of ether oxygens (including phenoxy) is 2. The summed E-state index contributed by atoms with van der Waals surface area (Å²) < 4.78 is 13.6. The zero-order chi connectivity index (χ0) is 24.3. The summed E-state index contributed by atoms with van der Waals surface area (Å²) in [7, 11) is 0. The lowest BCUT2D eigenvalue weighted by Gasteiger charge is -2.72. The predicted molar refractivity (Wildman–Crippen MR) is 130 cm³/mol. The summed E-state index contributed by atoms with van der Waals surface area (Å²) in [5.74, 6) is 1.37. The first kappa shape index (κ1) is 22.6. The quantitative estimate of drug-likeness (QED) is 0.354. The van der Waals surface area contributed by atoms with Crippen molar-refractivity contribution in [2.45, 2.75) is 130 Å². The van der Waals surface area contributed by atoms with E-state index in [9.17, 15) is 9.90 Å². The molecule has 5 unspecified atom stereocenters. The SMILES string of the molecule is CC1(C)CCC23CC[C@]4(C)C(OC2=O)(C3C1)[C@H]1O[C@H]1C1[C@@]2(C)CC[C@@H](O)C(C)(C)C2CC[C@]14C. The molecule has 2 bridgehead atoms. The molecule has 2 aliphatic heterocycles. The van der Waals surface area contributed by atoms with Crippen LogP contribution in [0.5, 0.6) is 0 Å². The minimum absolute atomic E-state index is 0.0612. The van der Waals surface area contributed by atoms with E-state index in [2.05, 4.69) is 48.5 Å². The van der Waals surface area contributed by atoms with Crippen molar-refractivity contribution in [2.75, 3.05) is 0 Å². The average molecular weight is 471 g/mol. The van der Waals surface area contributed by atoms with Crippen LogP contribution in [0, 0.1) is 50.2 Å². The van der Waals surface area contributed by atoms with Crippen LogP contribution in [-0.4, -0.2) is 35.0 Å². The first-order valence-electron chi connectivity index (χ1n) is 14.3. The lowest BCUT2D eigenvalue weighted by atomic mass is 9.31. The van der Waals surface area contributed by atoms with Gasteiger partial charge in [0, 0.05) is 11.3 Å². The van der Waals surface area contributed by atoms with Gasteiger partial charge in [-0.25, -0.2) is 0 Å². The van der Waals surface area contributed by atoms with Crippen molar-refractivity contribution in [1.29, 1.82) is 0 Å². The van der Waals surface area contributed by atoms with Crippen LogP contribution in [0.1, 0.15) is 106 Å². The molecule has 7 aliphatic rings. The summed E-state index contributed by atoms with van der Waals surface area (Å²) in [6, 6.07) is 0. The van der Waals surface area contributed by atoms with E-state index >= 15 is 0 Å². The Morgan fingerprint density at radius 3 is 2.29 bits per heavy atom. The van der Waals surface area contributed by atoms with Gasteiger partial charge in [0.1, 0.15) is 6.10 Å². The molecule has 1 spiro atoms. The largest absolute Gasteiger partial charge is 0.455 e. The van der Waals surface area contributed by atoms with Crippen molar-refractivity contribution in [1.82, 2.24) is 0 Å². The maximum atomic E-state index is 13.8. The standard InChI is InChI=1S/C30H46O4/c1-24(2)12-14-29-15-13-28(7)27(6)11-8-17-25(3,4)19(31)9-10-26(17,5)21(27)20-22(33-20)30(28,18(29)16-24)34-23(29)32/h17-22,31H,8-16H2,1-7H3/t17?,18?,19-,20+,21?,22+,26+,27-,28+,29?,30?/m1/s1. The fraction of sp³-hybridized carbons (Fsp3) is 0.967. The number of epoxide rings is 1. The fourth-order valence-electron chi connectivity index (χ4n) is 12.1. The van der Waals surface area contributed by atoms with Crippen LogP contribution in [0.15, 0.2) is 0 Å². The van der Waals surface area contributed by atoms with Crippen LogP contribution in [0.3, 0.4) is 0 Å². The van der Waals surface area contributed by atoms with Crippen LogP contribution < -0.4 is 0 Å². The number of aliphatic hydroxyl groups is 1. The summed E-state index contributed by atoms with van der Waals surface area (Å²) in [4.78, 5) is 13.8. The minimum atomic E-state index is -0.456. The number of fused-ring (bicyclic) bond motifs is 6. The first-order chi connectivity index (χ1) is 15.7. The Bertz CT molecular complexity index is 971. The summed E-state index contributed by atoms with van der Waals surface area (Å²) >= 11 is 0. The summed E-state index contributed by atoms with van der Waals surface area (Å²) in [6.45, 7) is 17.0. The molecule has 1 N–H and O–H groups in total. The molecule has 7 fully saturated rings. The second-order valence-electron chi connectivity index (χ2n) is 16.0. The van der Waals surface area contributed by atoms with Gasteiger partial charge in [0.05, 0.1) is 17.6 Å². The molecule has 0 radical (unpaired) electrons. The lowest BCUT2D eigenvalue weighted by molar-refractivity contribution is -0.274. The third-order valence-electron chi connectivity index (χ3n) is 14.2. The molecule has 34 heavy (non-hydrogen) atoms. The Balaban J connectivity index is 1.38. The molecular formula is C30H46O4. The smallest absolute Gasteiger partial charge is 0.313 e. The second kappa shape index (κ2) is 5.93. The molecule has 11 atom stereocenters. The lowest BCUT2D eigenvalue weighted by Crippen LogP contribution is -2.74. The molecule has 4 nitrogen and oxygen atoms in total. The van der Waals surface area contributed by atoms with Gasteiger partial charge >= 0.3 is 5.97 Å². The van der Waals surface area contributed by atoms with E-state index in [1.165, 1.54) is 0 Å².